The number of aromatic nitrogens is 3. The molecule has 42 heavy (non-hydrogen) atoms. The van der Waals surface area contributed by atoms with Crippen molar-refractivity contribution in [3.8, 4) is 5.88 Å². The van der Waals surface area contributed by atoms with Gasteiger partial charge in [-0.3, -0.25) is 4.90 Å². The Balaban J connectivity index is 1.05. The van der Waals surface area contributed by atoms with Crippen LogP contribution >= 0.6 is 0 Å². The second kappa shape index (κ2) is 12.2. The number of anilines is 1. The number of rotatable bonds is 10. The quantitative estimate of drug-likeness (QED) is 0.371. The van der Waals surface area contributed by atoms with Crippen LogP contribution in [0.2, 0.25) is 0 Å². The summed E-state index contributed by atoms with van der Waals surface area (Å²) >= 11 is 0. The fourth-order valence-electron chi connectivity index (χ4n) is 5.87. The van der Waals surface area contributed by atoms with Crippen molar-refractivity contribution in [1.29, 1.82) is 0 Å². The Kier molecular flexibility index (Phi) is 8.35. The van der Waals surface area contributed by atoms with Gasteiger partial charge in [-0.15, -0.1) is 0 Å². The van der Waals surface area contributed by atoms with Gasteiger partial charge < -0.3 is 24.0 Å². The SMILES string of the molecule is CS(=O)(=O)N1CCC(COc2cccc(N3CCN(Cc4nc5ccc(C(=O)O)cc5n4CC4CCO4)CC3)n2)CC1. The van der Waals surface area contributed by atoms with Gasteiger partial charge in [-0.25, -0.2) is 22.5 Å². The maximum Gasteiger partial charge on any atom is 0.335 e. The average Bonchev–Trinajstić information content (AvgIpc) is 3.30. The molecule has 1 N–H and O–H groups in total. The first-order valence-electron chi connectivity index (χ1n) is 14.6. The molecular weight excluding hydrogens is 560 g/mol. The van der Waals surface area contributed by atoms with Crippen LogP contribution in [0.3, 0.4) is 0 Å². The van der Waals surface area contributed by atoms with Crippen molar-refractivity contribution < 1.29 is 27.8 Å². The molecule has 12 nitrogen and oxygen atoms in total. The van der Waals surface area contributed by atoms with Gasteiger partial charge in [-0.05, 0) is 49.4 Å². The molecule has 226 valence electrons. The van der Waals surface area contributed by atoms with E-state index >= 15 is 0 Å². The number of nitrogens with zero attached hydrogens (tertiary/aromatic N) is 6. The molecule has 1 unspecified atom stereocenters. The minimum Gasteiger partial charge on any atom is -0.478 e. The van der Waals surface area contributed by atoms with Gasteiger partial charge >= 0.3 is 5.97 Å². The molecule has 3 aliphatic heterocycles. The Labute approximate surface area is 245 Å². The smallest absolute Gasteiger partial charge is 0.335 e. The largest absolute Gasteiger partial charge is 0.478 e. The summed E-state index contributed by atoms with van der Waals surface area (Å²) in [4.78, 5) is 25.9. The Morgan fingerprint density at radius 2 is 1.81 bits per heavy atom. The van der Waals surface area contributed by atoms with Gasteiger partial charge in [0.15, 0.2) is 0 Å². The molecular formula is C29H38N6O6S. The molecule has 1 atom stereocenters. The van der Waals surface area contributed by atoms with Gasteiger partial charge in [-0.1, -0.05) is 6.07 Å². The van der Waals surface area contributed by atoms with Gasteiger partial charge in [0, 0.05) is 51.9 Å². The number of carbonyl (C=O) groups is 1. The zero-order chi connectivity index (χ0) is 29.3. The van der Waals surface area contributed by atoms with Crippen LogP contribution in [0.4, 0.5) is 5.82 Å². The number of hydrogen-bond donors (Lipinski definition) is 1. The Morgan fingerprint density at radius 3 is 2.48 bits per heavy atom. The predicted octanol–water partition coefficient (Wildman–Crippen LogP) is 2.29. The van der Waals surface area contributed by atoms with E-state index < -0.39 is 16.0 Å². The molecule has 0 radical (unpaired) electrons. The van der Waals surface area contributed by atoms with Crippen molar-refractivity contribution in [3.63, 3.8) is 0 Å². The van der Waals surface area contributed by atoms with E-state index in [0.717, 1.165) is 74.7 Å². The lowest BCUT2D eigenvalue weighted by atomic mass is 9.99. The average molecular weight is 599 g/mol. The highest BCUT2D eigenvalue weighted by Crippen LogP contribution is 2.25. The first-order valence-corrected chi connectivity index (χ1v) is 16.4. The molecule has 1 aromatic carbocycles. The summed E-state index contributed by atoms with van der Waals surface area (Å²) in [5.74, 6) is 1.77. The van der Waals surface area contributed by atoms with E-state index in [4.69, 9.17) is 19.4 Å². The summed E-state index contributed by atoms with van der Waals surface area (Å²) in [7, 11) is -3.13. The number of imidazole rings is 1. The molecule has 3 saturated heterocycles. The predicted molar refractivity (Wildman–Crippen MR) is 157 cm³/mol. The molecule has 13 heteroatoms. The fourth-order valence-corrected chi connectivity index (χ4v) is 6.74. The van der Waals surface area contributed by atoms with Crippen LogP contribution in [-0.4, -0.2) is 108 Å². The molecule has 3 fully saturated rings. The van der Waals surface area contributed by atoms with Gasteiger partial charge in [-0.2, -0.15) is 4.98 Å². The molecule has 0 amide bonds. The van der Waals surface area contributed by atoms with E-state index in [2.05, 4.69) is 14.4 Å². The number of pyridine rings is 1. The highest BCUT2D eigenvalue weighted by atomic mass is 32.2. The third kappa shape index (κ3) is 6.54. The maximum absolute atomic E-state index is 11.8. The molecule has 3 aromatic rings. The summed E-state index contributed by atoms with van der Waals surface area (Å²) < 4.78 is 38.9. The van der Waals surface area contributed by atoms with Gasteiger partial charge in [0.2, 0.25) is 15.9 Å². The number of ether oxygens (including phenoxy) is 2. The number of carboxylic acids is 1. The zero-order valence-electron chi connectivity index (χ0n) is 23.9. The Hall–Kier alpha value is -3.26. The summed E-state index contributed by atoms with van der Waals surface area (Å²) in [5.41, 5.74) is 1.89. The van der Waals surface area contributed by atoms with Gasteiger partial charge in [0.1, 0.15) is 11.6 Å². The number of sulfonamides is 1. The van der Waals surface area contributed by atoms with Gasteiger partial charge in [0.25, 0.3) is 0 Å². The fraction of sp³-hybridized carbons (Fsp3) is 0.552. The van der Waals surface area contributed by atoms with Crippen LogP contribution in [0.15, 0.2) is 36.4 Å². The molecule has 0 bridgehead atoms. The van der Waals surface area contributed by atoms with E-state index in [9.17, 15) is 18.3 Å². The summed E-state index contributed by atoms with van der Waals surface area (Å²) in [5, 5.41) is 9.50. The van der Waals surface area contributed by atoms with E-state index in [0.29, 0.717) is 44.6 Å². The van der Waals surface area contributed by atoms with Crippen molar-refractivity contribution in [2.75, 3.05) is 63.6 Å². The summed E-state index contributed by atoms with van der Waals surface area (Å²) in [6.07, 6.45) is 3.97. The normalized spacial score (nSPS) is 21.0. The third-order valence-corrected chi connectivity index (χ3v) is 9.84. The number of benzene rings is 1. The molecule has 5 heterocycles. The van der Waals surface area contributed by atoms with Crippen molar-refractivity contribution in [2.45, 2.75) is 38.5 Å². The second-order valence-electron chi connectivity index (χ2n) is 11.4. The van der Waals surface area contributed by atoms with E-state index in [1.807, 2.05) is 18.2 Å². The molecule has 2 aromatic heterocycles. The topological polar surface area (TPSA) is 130 Å². The van der Waals surface area contributed by atoms with Crippen molar-refractivity contribution in [1.82, 2.24) is 23.7 Å². The number of piperazine rings is 1. The van der Waals surface area contributed by atoms with E-state index in [1.165, 1.54) is 10.6 Å². The second-order valence-corrected chi connectivity index (χ2v) is 13.4. The maximum atomic E-state index is 11.8. The lowest BCUT2D eigenvalue weighted by Crippen LogP contribution is -2.46. The van der Waals surface area contributed by atoms with Crippen LogP contribution in [0.25, 0.3) is 11.0 Å². The standard InChI is InChI=1S/C29H38N6O6S/c1-42(38,39)34-10-7-21(8-11-34)20-41-28-4-2-3-26(31-28)33-14-12-32(13-15-33)19-27-30-24-6-5-22(29(36)37)17-25(24)35(27)18-23-9-16-40-23/h2-6,17,21,23H,7-16,18-20H2,1H3,(H,36,37). The Morgan fingerprint density at radius 1 is 1.05 bits per heavy atom. The summed E-state index contributed by atoms with van der Waals surface area (Å²) in [6.45, 7) is 7.03. The first kappa shape index (κ1) is 28.8. The van der Waals surface area contributed by atoms with Gasteiger partial charge in [0.05, 0.1) is 48.7 Å². The van der Waals surface area contributed by atoms with Crippen molar-refractivity contribution in [3.05, 3.63) is 47.8 Å². The molecule has 6 rings (SSSR count). The minimum absolute atomic E-state index is 0.132. The number of hydrogen-bond acceptors (Lipinski definition) is 9. The van der Waals surface area contributed by atoms with Crippen LogP contribution < -0.4 is 9.64 Å². The highest BCUT2D eigenvalue weighted by molar-refractivity contribution is 7.88. The molecule has 3 aliphatic rings. The van der Waals surface area contributed by atoms with Crippen LogP contribution in [0.1, 0.15) is 35.4 Å². The molecule has 0 aliphatic carbocycles. The van der Waals surface area contributed by atoms with E-state index in [1.54, 1.807) is 18.2 Å². The summed E-state index contributed by atoms with van der Waals surface area (Å²) in [6, 6.07) is 11.0. The highest BCUT2D eigenvalue weighted by Gasteiger charge is 2.27. The minimum atomic E-state index is -3.13. The van der Waals surface area contributed by atoms with Crippen LogP contribution in [-0.2, 0) is 27.8 Å². The first-order chi connectivity index (χ1) is 20.2. The van der Waals surface area contributed by atoms with Crippen LogP contribution in [0, 0.1) is 5.92 Å². The number of piperidine rings is 1. The lowest BCUT2D eigenvalue weighted by molar-refractivity contribution is -0.0592. The van der Waals surface area contributed by atoms with Crippen LogP contribution in [0.5, 0.6) is 5.88 Å². The van der Waals surface area contributed by atoms with E-state index in [-0.39, 0.29) is 11.7 Å². The monoisotopic (exact) mass is 598 g/mol. The number of fused-ring (bicyclic) bond motifs is 1. The molecule has 0 spiro atoms. The number of aromatic carboxylic acids is 1. The van der Waals surface area contributed by atoms with Crippen molar-refractivity contribution in [2.24, 2.45) is 5.92 Å². The van der Waals surface area contributed by atoms with Crippen molar-refractivity contribution >= 4 is 32.8 Å². The number of carboxylic acid groups (broad SMARTS) is 1. The lowest BCUT2D eigenvalue weighted by Gasteiger charge is -2.35. The zero-order valence-corrected chi connectivity index (χ0v) is 24.7. The third-order valence-electron chi connectivity index (χ3n) is 8.53. The molecule has 0 saturated carbocycles. The Bertz CT molecular complexity index is 1520.